The van der Waals surface area contributed by atoms with Crippen LogP contribution in [-0.4, -0.2) is 10.3 Å². The lowest BCUT2D eigenvalue weighted by molar-refractivity contribution is -0.316. The molecular formula is C20H17NS2+. The fraction of sp³-hybridized carbons (Fsp3) is 0.100. The van der Waals surface area contributed by atoms with E-state index < -0.39 is 0 Å². The summed E-state index contributed by atoms with van der Waals surface area (Å²) in [7, 11) is 0. The SMILES string of the molecule is Cc1ccc(C2=CC=C(c3ccc(C)s3)[N+]2=C2C=C[CH]C=C2)s1. The minimum absolute atomic E-state index is 1.21. The van der Waals surface area contributed by atoms with Crippen molar-refractivity contribution in [2.24, 2.45) is 0 Å². The molecule has 0 saturated carbocycles. The highest BCUT2D eigenvalue weighted by atomic mass is 32.1. The molecule has 0 fully saturated rings. The van der Waals surface area contributed by atoms with Gasteiger partial charge in [0.15, 0.2) is 0 Å². The molecule has 0 N–H and O–H groups in total. The molecule has 2 aromatic rings. The van der Waals surface area contributed by atoms with E-state index in [-0.39, 0.29) is 0 Å². The fourth-order valence-electron chi connectivity index (χ4n) is 2.82. The molecule has 0 atom stereocenters. The molecule has 0 unspecified atom stereocenters. The molecule has 1 aliphatic carbocycles. The standard InChI is InChI=1S/C20H17NS2/c1-14-8-12-19(22-14)17-10-11-18(20-13-9-15(2)23-20)21(17)16-6-4-3-5-7-16/h3-13H,1-2H3/q+1. The van der Waals surface area contributed by atoms with Crippen molar-refractivity contribution in [2.75, 3.05) is 0 Å². The van der Waals surface area contributed by atoms with Gasteiger partial charge in [0.25, 0.3) is 0 Å². The monoisotopic (exact) mass is 335 g/mol. The summed E-state index contributed by atoms with van der Waals surface area (Å²) in [5.74, 6) is 0. The predicted molar refractivity (Wildman–Crippen MR) is 102 cm³/mol. The van der Waals surface area contributed by atoms with Crippen molar-refractivity contribution in [2.45, 2.75) is 13.8 Å². The van der Waals surface area contributed by atoms with Gasteiger partial charge in [-0.3, -0.25) is 0 Å². The third-order valence-corrected chi connectivity index (χ3v) is 5.93. The zero-order valence-electron chi connectivity index (χ0n) is 13.1. The quantitative estimate of drug-likeness (QED) is 0.628. The summed E-state index contributed by atoms with van der Waals surface area (Å²) in [5.41, 5.74) is 3.73. The molecule has 1 nitrogen and oxygen atoms in total. The average molecular weight is 335 g/mol. The van der Waals surface area contributed by atoms with Crippen LogP contribution in [-0.2, 0) is 0 Å². The molecule has 3 heterocycles. The number of aryl methyl sites for hydroxylation is 2. The lowest BCUT2D eigenvalue weighted by atomic mass is 10.1. The molecular weight excluding hydrogens is 318 g/mol. The maximum atomic E-state index is 2.37. The van der Waals surface area contributed by atoms with E-state index in [1.807, 2.05) is 22.7 Å². The summed E-state index contributed by atoms with van der Waals surface area (Å²) in [4.78, 5) is 5.31. The largest absolute Gasteiger partial charge is 0.229 e. The van der Waals surface area contributed by atoms with Gasteiger partial charge in [0.1, 0.15) is 0 Å². The summed E-state index contributed by atoms with van der Waals surface area (Å²) < 4.78 is 2.37. The first-order valence-electron chi connectivity index (χ1n) is 7.63. The van der Waals surface area contributed by atoms with E-state index in [0.717, 1.165) is 0 Å². The van der Waals surface area contributed by atoms with Crippen LogP contribution in [0.15, 0.2) is 60.7 Å². The molecule has 0 aromatic carbocycles. The molecule has 23 heavy (non-hydrogen) atoms. The third-order valence-electron chi connectivity index (χ3n) is 3.88. The highest BCUT2D eigenvalue weighted by Gasteiger charge is 2.31. The first-order chi connectivity index (χ1) is 11.2. The number of hydrogen-bond acceptors (Lipinski definition) is 2. The molecule has 3 heteroatoms. The Morgan fingerprint density at radius 2 is 1.26 bits per heavy atom. The Morgan fingerprint density at radius 1 is 0.739 bits per heavy atom. The molecule has 2 aliphatic rings. The Morgan fingerprint density at radius 3 is 1.70 bits per heavy atom. The van der Waals surface area contributed by atoms with Crippen LogP contribution in [0, 0.1) is 20.3 Å². The molecule has 0 saturated heterocycles. The van der Waals surface area contributed by atoms with E-state index in [4.69, 9.17) is 0 Å². The van der Waals surface area contributed by atoms with E-state index in [1.165, 1.54) is 36.6 Å². The zero-order valence-corrected chi connectivity index (χ0v) is 14.7. The fourth-order valence-corrected chi connectivity index (χ4v) is 4.59. The van der Waals surface area contributed by atoms with Crippen LogP contribution in [0.3, 0.4) is 0 Å². The minimum atomic E-state index is 1.21. The lowest BCUT2D eigenvalue weighted by Gasteiger charge is -2.06. The van der Waals surface area contributed by atoms with E-state index in [9.17, 15) is 0 Å². The van der Waals surface area contributed by atoms with E-state index in [2.05, 4.69) is 85.6 Å². The molecule has 0 spiro atoms. The van der Waals surface area contributed by atoms with Crippen molar-refractivity contribution >= 4 is 39.8 Å². The van der Waals surface area contributed by atoms with Crippen molar-refractivity contribution in [1.82, 2.24) is 0 Å². The van der Waals surface area contributed by atoms with Gasteiger partial charge < -0.3 is 0 Å². The maximum absolute atomic E-state index is 2.37. The van der Waals surface area contributed by atoms with Crippen molar-refractivity contribution in [3.8, 4) is 0 Å². The summed E-state index contributed by atoms with van der Waals surface area (Å²) in [6, 6.07) is 8.82. The van der Waals surface area contributed by atoms with E-state index in [0.29, 0.717) is 0 Å². The maximum Gasteiger partial charge on any atom is 0.229 e. The van der Waals surface area contributed by atoms with Crippen LogP contribution >= 0.6 is 22.7 Å². The van der Waals surface area contributed by atoms with Gasteiger partial charge in [-0.25, -0.2) is 0 Å². The number of rotatable bonds is 2. The van der Waals surface area contributed by atoms with Gasteiger partial charge in [0.2, 0.25) is 17.1 Å². The lowest BCUT2D eigenvalue weighted by Crippen LogP contribution is -2.14. The highest BCUT2D eigenvalue weighted by molar-refractivity contribution is 7.13. The number of nitrogens with zero attached hydrogens (tertiary/aromatic N) is 1. The molecule has 1 radical (unpaired) electrons. The average Bonchev–Trinajstić information content (AvgIpc) is 3.26. The Balaban J connectivity index is 1.85. The highest BCUT2D eigenvalue weighted by Crippen LogP contribution is 2.36. The van der Waals surface area contributed by atoms with Gasteiger partial charge in [0, 0.05) is 40.5 Å². The van der Waals surface area contributed by atoms with Crippen molar-refractivity contribution < 1.29 is 4.58 Å². The minimum Gasteiger partial charge on any atom is -0.151 e. The van der Waals surface area contributed by atoms with Crippen molar-refractivity contribution in [3.63, 3.8) is 0 Å². The predicted octanol–water partition coefficient (Wildman–Crippen LogP) is 5.61. The Bertz CT molecular complexity index is 841. The molecule has 0 bridgehead atoms. The van der Waals surface area contributed by atoms with Crippen molar-refractivity contribution in [1.29, 1.82) is 0 Å². The normalized spacial score (nSPS) is 17.0. The zero-order chi connectivity index (χ0) is 15.8. The second kappa shape index (κ2) is 5.91. The first kappa shape index (κ1) is 14.6. The smallest absolute Gasteiger partial charge is 0.151 e. The van der Waals surface area contributed by atoms with E-state index in [1.54, 1.807) is 0 Å². The van der Waals surface area contributed by atoms with Gasteiger partial charge >= 0.3 is 0 Å². The molecule has 1 aliphatic heterocycles. The Labute approximate surface area is 144 Å². The second-order valence-corrected chi connectivity index (χ2v) is 8.17. The van der Waals surface area contributed by atoms with Gasteiger partial charge in [-0.05, 0) is 38.1 Å². The van der Waals surface area contributed by atoms with Gasteiger partial charge in [-0.1, -0.05) is 12.2 Å². The van der Waals surface area contributed by atoms with Crippen LogP contribution in [0.5, 0.6) is 0 Å². The number of thiophene rings is 2. The molecule has 0 amide bonds. The summed E-state index contributed by atoms with van der Waals surface area (Å²) in [6.45, 7) is 4.32. The molecule has 2 aromatic heterocycles. The van der Waals surface area contributed by atoms with Crippen LogP contribution in [0.2, 0.25) is 0 Å². The van der Waals surface area contributed by atoms with Gasteiger partial charge in [0.05, 0.1) is 9.75 Å². The summed E-state index contributed by atoms with van der Waals surface area (Å²) >= 11 is 3.69. The van der Waals surface area contributed by atoms with Crippen molar-refractivity contribution in [3.05, 3.63) is 86.7 Å². The summed E-state index contributed by atoms with van der Waals surface area (Å²) in [6.07, 6.45) is 15.1. The van der Waals surface area contributed by atoms with Crippen LogP contribution in [0.25, 0.3) is 11.4 Å². The van der Waals surface area contributed by atoms with Crippen LogP contribution in [0.4, 0.5) is 0 Å². The second-order valence-electron chi connectivity index (χ2n) is 5.60. The van der Waals surface area contributed by atoms with Gasteiger partial charge in [-0.15, -0.1) is 22.7 Å². The number of allylic oxidation sites excluding steroid dienone is 6. The van der Waals surface area contributed by atoms with Crippen LogP contribution in [0.1, 0.15) is 19.5 Å². The van der Waals surface area contributed by atoms with Crippen LogP contribution < -0.4 is 0 Å². The Hall–Kier alpha value is -1.97. The topological polar surface area (TPSA) is 3.01 Å². The third kappa shape index (κ3) is 2.71. The summed E-state index contributed by atoms with van der Waals surface area (Å²) in [5, 5.41) is 0. The molecule has 113 valence electrons. The first-order valence-corrected chi connectivity index (χ1v) is 9.26. The Kier molecular flexibility index (Phi) is 3.76. The van der Waals surface area contributed by atoms with Gasteiger partial charge in [-0.2, -0.15) is 4.58 Å². The number of hydrogen-bond donors (Lipinski definition) is 0. The molecule has 4 rings (SSSR count). The van der Waals surface area contributed by atoms with E-state index >= 15 is 0 Å².